The van der Waals surface area contributed by atoms with Crippen molar-refractivity contribution in [3.8, 4) is 0 Å². The first kappa shape index (κ1) is 17.1. The molecule has 0 aliphatic heterocycles. The molecule has 0 unspecified atom stereocenters. The second kappa shape index (κ2) is 8.37. The topological polar surface area (TPSA) is 75.2 Å². The van der Waals surface area contributed by atoms with E-state index in [9.17, 15) is 9.59 Å². The van der Waals surface area contributed by atoms with Gasteiger partial charge in [0.15, 0.2) is 0 Å². The number of amides is 2. The van der Waals surface area contributed by atoms with Crippen molar-refractivity contribution >= 4 is 11.8 Å². The van der Waals surface area contributed by atoms with Crippen LogP contribution in [0.25, 0.3) is 0 Å². The van der Waals surface area contributed by atoms with Crippen LogP contribution in [0.2, 0.25) is 0 Å². The molecular weight excluding hydrogens is 316 g/mol. The molecule has 2 aromatic rings. The average molecular weight is 338 g/mol. The van der Waals surface area contributed by atoms with Gasteiger partial charge in [0.2, 0.25) is 5.91 Å². The molecule has 25 heavy (non-hydrogen) atoms. The third-order valence-corrected chi connectivity index (χ3v) is 4.13. The molecular formula is C19H22N4O2. The van der Waals surface area contributed by atoms with Gasteiger partial charge in [-0.1, -0.05) is 30.3 Å². The summed E-state index contributed by atoms with van der Waals surface area (Å²) in [4.78, 5) is 34.4. The van der Waals surface area contributed by atoms with Gasteiger partial charge in [-0.25, -0.2) is 4.98 Å². The number of hydrogen-bond acceptors (Lipinski definition) is 4. The summed E-state index contributed by atoms with van der Waals surface area (Å²) >= 11 is 0. The summed E-state index contributed by atoms with van der Waals surface area (Å²) in [6, 6.07) is 10.3. The van der Waals surface area contributed by atoms with Crippen LogP contribution >= 0.6 is 0 Å². The number of hydrogen-bond donors (Lipinski definition) is 1. The summed E-state index contributed by atoms with van der Waals surface area (Å²) in [6.07, 6.45) is 7.65. The lowest BCUT2D eigenvalue weighted by molar-refractivity contribution is -0.121. The first-order valence-corrected chi connectivity index (χ1v) is 8.61. The van der Waals surface area contributed by atoms with Gasteiger partial charge >= 0.3 is 0 Å². The van der Waals surface area contributed by atoms with Gasteiger partial charge in [0.25, 0.3) is 5.91 Å². The van der Waals surface area contributed by atoms with E-state index >= 15 is 0 Å². The van der Waals surface area contributed by atoms with Crippen LogP contribution in [0.4, 0.5) is 0 Å². The van der Waals surface area contributed by atoms with E-state index in [0.717, 1.165) is 24.8 Å². The van der Waals surface area contributed by atoms with Crippen LogP contribution in [0.1, 0.15) is 35.3 Å². The maximum absolute atomic E-state index is 12.7. The van der Waals surface area contributed by atoms with Crippen LogP contribution in [-0.4, -0.2) is 45.8 Å². The van der Waals surface area contributed by atoms with Crippen molar-refractivity contribution in [1.29, 1.82) is 0 Å². The van der Waals surface area contributed by atoms with E-state index in [1.54, 1.807) is 4.90 Å². The molecule has 1 fully saturated rings. The minimum atomic E-state index is -0.191. The van der Waals surface area contributed by atoms with Crippen molar-refractivity contribution in [1.82, 2.24) is 20.2 Å². The molecule has 0 atom stereocenters. The van der Waals surface area contributed by atoms with Crippen molar-refractivity contribution in [2.45, 2.75) is 31.7 Å². The summed E-state index contributed by atoms with van der Waals surface area (Å²) < 4.78 is 0. The number of nitrogens with one attached hydrogen (secondary N) is 1. The Balaban J connectivity index is 1.61. The molecule has 1 N–H and O–H groups in total. The van der Waals surface area contributed by atoms with E-state index in [-0.39, 0.29) is 11.8 Å². The van der Waals surface area contributed by atoms with E-state index in [0.29, 0.717) is 31.2 Å². The van der Waals surface area contributed by atoms with Crippen LogP contribution in [0.3, 0.4) is 0 Å². The lowest BCUT2D eigenvalue weighted by Crippen LogP contribution is -2.37. The summed E-state index contributed by atoms with van der Waals surface area (Å²) in [5.41, 5.74) is 1.46. The maximum Gasteiger partial charge on any atom is 0.274 e. The highest BCUT2D eigenvalue weighted by atomic mass is 16.2. The summed E-state index contributed by atoms with van der Waals surface area (Å²) in [5, 5.41) is 2.96. The molecule has 6 heteroatoms. The van der Waals surface area contributed by atoms with Crippen LogP contribution in [0.15, 0.2) is 48.9 Å². The lowest BCUT2D eigenvalue weighted by Gasteiger charge is -2.22. The van der Waals surface area contributed by atoms with Crippen molar-refractivity contribution in [3.05, 3.63) is 60.2 Å². The van der Waals surface area contributed by atoms with Gasteiger partial charge < -0.3 is 10.2 Å². The monoisotopic (exact) mass is 338 g/mol. The van der Waals surface area contributed by atoms with E-state index in [4.69, 9.17) is 0 Å². The highest BCUT2D eigenvalue weighted by Crippen LogP contribution is 2.18. The van der Waals surface area contributed by atoms with Crippen LogP contribution in [-0.2, 0) is 11.2 Å². The third-order valence-electron chi connectivity index (χ3n) is 4.13. The largest absolute Gasteiger partial charge is 0.353 e. The summed E-state index contributed by atoms with van der Waals surface area (Å²) in [6.45, 7) is 0.914. The normalized spacial score (nSPS) is 13.3. The Morgan fingerprint density at radius 1 is 1.12 bits per heavy atom. The fourth-order valence-electron chi connectivity index (χ4n) is 2.56. The highest BCUT2D eigenvalue weighted by Gasteiger charge is 2.24. The van der Waals surface area contributed by atoms with Crippen molar-refractivity contribution < 1.29 is 9.59 Å². The van der Waals surface area contributed by atoms with Crippen molar-refractivity contribution in [2.24, 2.45) is 0 Å². The smallest absolute Gasteiger partial charge is 0.274 e. The average Bonchev–Trinajstić information content (AvgIpc) is 3.47. The summed E-state index contributed by atoms with van der Waals surface area (Å²) in [7, 11) is 0. The zero-order chi connectivity index (χ0) is 17.5. The molecule has 0 bridgehead atoms. The SMILES string of the molecule is O=C(CCN(CCc1ccccc1)C(=O)c1cnccn1)NC1CC1. The Labute approximate surface area is 147 Å². The Bertz CT molecular complexity index is 702. The van der Waals surface area contributed by atoms with Gasteiger partial charge in [0.05, 0.1) is 6.20 Å². The predicted molar refractivity (Wildman–Crippen MR) is 93.9 cm³/mol. The van der Waals surface area contributed by atoms with Crippen molar-refractivity contribution in [3.63, 3.8) is 0 Å². The maximum atomic E-state index is 12.7. The highest BCUT2D eigenvalue weighted by molar-refractivity contribution is 5.92. The standard InChI is InChI=1S/C19H22N4O2/c24-18(22-16-6-7-16)9-13-23(12-8-15-4-2-1-3-5-15)19(25)17-14-20-10-11-21-17/h1-5,10-11,14,16H,6-9,12-13H2,(H,22,24). The molecule has 0 spiro atoms. The summed E-state index contributed by atoms with van der Waals surface area (Å²) in [5.74, 6) is -0.192. The fraction of sp³-hybridized carbons (Fsp3) is 0.368. The Morgan fingerprint density at radius 2 is 1.92 bits per heavy atom. The molecule has 1 aliphatic rings. The lowest BCUT2D eigenvalue weighted by atomic mass is 10.1. The number of benzene rings is 1. The van der Waals surface area contributed by atoms with Crippen LogP contribution < -0.4 is 5.32 Å². The van der Waals surface area contributed by atoms with Gasteiger partial charge in [-0.2, -0.15) is 0 Å². The number of carbonyl (C=O) groups is 2. The van der Waals surface area contributed by atoms with E-state index in [1.165, 1.54) is 18.6 Å². The molecule has 1 aromatic heterocycles. The zero-order valence-electron chi connectivity index (χ0n) is 14.1. The number of carbonyl (C=O) groups excluding carboxylic acids is 2. The first-order valence-electron chi connectivity index (χ1n) is 8.61. The molecule has 3 rings (SSSR count). The van der Waals surface area contributed by atoms with E-state index < -0.39 is 0 Å². The fourth-order valence-corrected chi connectivity index (χ4v) is 2.56. The molecule has 130 valence electrons. The van der Waals surface area contributed by atoms with Gasteiger partial charge in [0, 0.05) is 37.9 Å². The Hall–Kier alpha value is -2.76. The molecule has 2 amide bonds. The molecule has 6 nitrogen and oxygen atoms in total. The molecule has 1 heterocycles. The zero-order valence-corrected chi connectivity index (χ0v) is 14.1. The quantitative estimate of drug-likeness (QED) is 0.797. The van der Waals surface area contributed by atoms with Gasteiger partial charge in [-0.15, -0.1) is 0 Å². The third kappa shape index (κ3) is 5.38. The Morgan fingerprint density at radius 3 is 2.60 bits per heavy atom. The second-order valence-corrected chi connectivity index (χ2v) is 6.21. The Kier molecular flexibility index (Phi) is 5.72. The predicted octanol–water partition coefficient (Wildman–Crippen LogP) is 1.83. The minimum Gasteiger partial charge on any atom is -0.353 e. The number of rotatable bonds is 8. The minimum absolute atomic E-state index is 0.000781. The van der Waals surface area contributed by atoms with Gasteiger partial charge in [-0.05, 0) is 24.8 Å². The molecule has 1 saturated carbocycles. The van der Waals surface area contributed by atoms with Crippen LogP contribution in [0.5, 0.6) is 0 Å². The van der Waals surface area contributed by atoms with Gasteiger partial charge in [-0.3, -0.25) is 14.6 Å². The van der Waals surface area contributed by atoms with E-state index in [1.807, 2.05) is 30.3 Å². The second-order valence-electron chi connectivity index (χ2n) is 6.21. The van der Waals surface area contributed by atoms with Crippen LogP contribution in [0, 0.1) is 0 Å². The molecule has 1 aliphatic carbocycles. The molecule has 0 saturated heterocycles. The number of aromatic nitrogens is 2. The van der Waals surface area contributed by atoms with Crippen molar-refractivity contribution in [2.75, 3.05) is 13.1 Å². The van der Waals surface area contributed by atoms with E-state index in [2.05, 4.69) is 15.3 Å². The molecule has 1 aromatic carbocycles. The number of nitrogens with zero attached hydrogens (tertiary/aromatic N) is 3. The first-order chi connectivity index (χ1) is 12.2. The van der Waals surface area contributed by atoms with Gasteiger partial charge in [0.1, 0.15) is 5.69 Å². The molecule has 0 radical (unpaired) electrons.